The van der Waals surface area contributed by atoms with Gasteiger partial charge in [0.25, 0.3) is 5.56 Å². The molecule has 0 radical (unpaired) electrons. The summed E-state index contributed by atoms with van der Waals surface area (Å²) in [5.41, 5.74) is 2.22. The van der Waals surface area contributed by atoms with Crippen LogP contribution in [0.4, 0.5) is 5.69 Å². The summed E-state index contributed by atoms with van der Waals surface area (Å²) in [7, 11) is 1.73. The molecule has 1 aliphatic carbocycles. The minimum Gasteiger partial charge on any atom is -0.313 e. The summed E-state index contributed by atoms with van der Waals surface area (Å²) in [6, 6.07) is 13.3. The second kappa shape index (κ2) is 7.97. The highest BCUT2D eigenvalue weighted by Gasteiger charge is 2.32. The van der Waals surface area contributed by atoms with Crippen LogP contribution < -0.4 is 10.5 Å². The van der Waals surface area contributed by atoms with E-state index in [-0.39, 0.29) is 18.0 Å². The number of carbonyl (C=O) groups excluding carboxylic acids is 1. The molecule has 0 unspecified atom stereocenters. The molecule has 4 rings (SSSR count). The lowest BCUT2D eigenvalue weighted by Gasteiger charge is -2.25. The Hall–Kier alpha value is -2.70. The van der Waals surface area contributed by atoms with E-state index < -0.39 is 0 Å². The number of aromatic nitrogens is 2. The van der Waals surface area contributed by atoms with Gasteiger partial charge >= 0.3 is 0 Å². The number of likely N-dealkylation sites (N-methyl/N-ethyl adjacent to an activating group) is 1. The zero-order valence-corrected chi connectivity index (χ0v) is 17.2. The van der Waals surface area contributed by atoms with E-state index in [0.717, 1.165) is 18.4 Å². The highest BCUT2D eigenvalue weighted by Crippen LogP contribution is 2.29. The minimum absolute atomic E-state index is 0.0521. The average Bonchev–Trinajstić information content (AvgIpc) is 3.53. The first kappa shape index (κ1) is 19.6. The molecule has 0 atom stereocenters. The second-order valence-corrected chi connectivity index (χ2v) is 7.98. The number of amides is 1. The van der Waals surface area contributed by atoms with Crippen LogP contribution in [0.2, 0.25) is 5.02 Å². The zero-order chi connectivity index (χ0) is 20.5. The van der Waals surface area contributed by atoms with Gasteiger partial charge in [0.15, 0.2) is 0 Å². The van der Waals surface area contributed by atoms with E-state index >= 15 is 0 Å². The van der Waals surface area contributed by atoms with Crippen molar-refractivity contribution in [1.29, 1.82) is 0 Å². The number of benzene rings is 2. The number of rotatable bonds is 6. The van der Waals surface area contributed by atoms with Gasteiger partial charge in [0.1, 0.15) is 5.82 Å². The third-order valence-electron chi connectivity index (χ3n) is 5.25. The van der Waals surface area contributed by atoms with Crippen molar-refractivity contribution in [1.82, 2.24) is 14.9 Å². The fourth-order valence-corrected chi connectivity index (χ4v) is 3.72. The molecule has 6 nitrogen and oxygen atoms in total. The van der Waals surface area contributed by atoms with Crippen LogP contribution in [0, 0.1) is 6.92 Å². The predicted octanol–water partition coefficient (Wildman–Crippen LogP) is 3.51. The number of aromatic amines is 1. The molecule has 1 fully saturated rings. The van der Waals surface area contributed by atoms with Crippen LogP contribution in [0.1, 0.15) is 24.2 Å². The monoisotopic (exact) mass is 410 g/mol. The minimum atomic E-state index is -0.149. The van der Waals surface area contributed by atoms with Crippen LogP contribution in [-0.2, 0) is 11.3 Å². The van der Waals surface area contributed by atoms with Crippen molar-refractivity contribution >= 4 is 34.1 Å². The maximum atomic E-state index is 12.9. The van der Waals surface area contributed by atoms with Crippen LogP contribution in [0.3, 0.4) is 0 Å². The van der Waals surface area contributed by atoms with E-state index in [9.17, 15) is 9.59 Å². The predicted molar refractivity (Wildman–Crippen MR) is 115 cm³/mol. The number of halogens is 1. The Kier molecular flexibility index (Phi) is 5.39. The number of aryl methyl sites for hydroxylation is 1. The Labute approximate surface area is 174 Å². The Morgan fingerprint density at radius 2 is 2.00 bits per heavy atom. The van der Waals surface area contributed by atoms with Gasteiger partial charge in [0.05, 0.1) is 34.7 Å². The van der Waals surface area contributed by atoms with Gasteiger partial charge in [-0.15, -0.1) is 0 Å². The van der Waals surface area contributed by atoms with E-state index in [2.05, 4.69) is 14.9 Å². The molecular weight excluding hydrogens is 388 g/mol. The normalized spacial score (nSPS) is 13.8. The fraction of sp³-hybridized carbons (Fsp3) is 0.318. The van der Waals surface area contributed by atoms with Crippen molar-refractivity contribution < 1.29 is 4.79 Å². The topological polar surface area (TPSA) is 69.3 Å². The van der Waals surface area contributed by atoms with Gasteiger partial charge in [-0.1, -0.05) is 35.4 Å². The molecule has 7 heteroatoms. The van der Waals surface area contributed by atoms with E-state index in [1.807, 2.05) is 43.3 Å². The number of hydrogen-bond acceptors (Lipinski definition) is 4. The number of anilines is 1. The van der Waals surface area contributed by atoms with E-state index in [0.29, 0.717) is 40.0 Å². The summed E-state index contributed by atoms with van der Waals surface area (Å²) < 4.78 is 0. The van der Waals surface area contributed by atoms with Gasteiger partial charge < -0.3 is 9.88 Å². The fourth-order valence-electron chi connectivity index (χ4n) is 3.46. The maximum absolute atomic E-state index is 12.9. The summed E-state index contributed by atoms with van der Waals surface area (Å²) in [5, 5.41) is 1.12. The van der Waals surface area contributed by atoms with Gasteiger partial charge in [-0.2, -0.15) is 0 Å². The molecule has 0 bridgehead atoms. The van der Waals surface area contributed by atoms with Crippen LogP contribution in [0.15, 0.2) is 47.3 Å². The number of nitrogens with zero attached hydrogens (tertiary/aromatic N) is 3. The molecule has 0 spiro atoms. The molecule has 2 aromatic carbocycles. The van der Waals surface area contributed by atoms with E-state index in [1.54, 1.807) is 18.0 Å². The molecule has 150 valence electrons. The lowest BCUT2D eigenvalue weighted by molar-refractivity contribution is -0.119. The van der Waals surface area contributed by atoms with Gasteiger partial charge in [-0.25, -0.2) is 4.98 Å². The highest BCUT2D eigenvalue weighted by molar-refractivity contribution is 6.33. The third-order valence-corrected chi connectivity index (χ3v) is 5.57. The Morgan fingerprint density at radius 3 is 2.72 bits per heavy atom. The van der Waals surface area contributed by atoms with E-state index in [4.69, 9.17) is 11.6 Å². The smallest absolute Gasteiger partial charge is 0.258 e. The van der Waals surface area contributed by atoms with Gasteiger partial charge in [0.2, 0.25) is 5.91 Å². The summed E-state index contributed by atoms with van der Waals surface area (Å²) in [6.07, 6.45) is 2.08. The molecule has 1 aliphatic rings. The number of carbonyl (C=O) groups is 1. The number of para-hydroxylation sites is 1. The molecule has 0 aliphatic heterocycles. The molecule has 29 heavy (non-hydrogen) atoms. The quantitative estimate of drug-likeness (QED) is 0.675. The molecule has 1 amide bonds. The second-order valence-electron chi connectivity index (χ2n) is 7.57. The lowest BCUT2D eigenvalue weighted by atomic mass is 10.2. The van der Waals surface area contributed by atoms with Crippen LogP contribution >= 0.6 is 11.6 Å². The molecule has 3 aromatic rings. The first-order valence-corrected chi connectivity index (χ1v) is 10.0. The molecule has 1 N–H and O–H groups in total. The molecule has 1 heterocycles. The summed E-state index contributed by atoms with van der Waals surface area (Å²) in [4.78, 5) is 36.5. The maximum Gasteiger partial charge on any atom is 0.258 e. The summed E-state index contributed by atoms with van der Waals surface area (Å²) in [5.74, 6) is 0.523. The number of nitrogens with one attached hydrogen (secondary N) is 1. The Morgan fingerprint density at radius 1 is 1.24 bits per heavy atom. The van der Waals surface area contributed by atoms with Crippen molar-refractivity contribution in [2.75, 3.05) is 18.5 Å². The largest absolute Gasteiger partial charge is 0.313 e. The van der Waals surface area contributed by atoms with E-state index in [1.165, 1.54) is 0 Å². The van der Waals surface area contributed by atoms with Crippen molar-refractivity contribution in [2.24, 2.45) is 0 Å². The first-order valence-electron chi connectivity index (χ1n) is 9.67. The Balaban J connectivity index is 1.54. The molecule has 0 saturated heterocycles. The average molecular weight is 411 g/mol. The van der Waals surface area contributed by atoms with Gasteiger partial charge in [-0.05, 0) is 44.0 Å². The van der Waals surface area contributed by atoms with Crippen LogP contribution in [0.25, 0.3) is 10.9 Å². The van der Waals surface area contributed by atoms with Crippen LogP contribution in [-0.4, -0.2) is 40.4 Å². The summed E-state index contributed by atoms with van der Waals surface area (Å²) >= 11 is 6.23. The number of hydrogen-bond donors (Lipinski definition) is 1. The van der Waals surface area contributed by atoms with Crippen molar-refractivity contribution in [3.63, 3.8) is 0 Å². The highest BCUT2D eigenvalue weighted by atomic mass is 35.5. The zero-order valence-electron chi connectivity index (χ0n) is 16.5. The van der Waals surface area contributed by atoms with Crippen molar-refractivity contribution in [3.8, 4) is 0 Å². The summed E-state index contributed by atoms with van der Waals surface area (Å²) in [6.45, 7) is 2.61. The van der Waals surface area contributed by atoms with Crippen LogP contribution in [0.5, 0.6) is 0 Å². The molecule has 1 aromatic heterocycles. The van der Waals surface area contributed by atoms with Crippen molar-refractivity contribution in [2.45, 2.75) is 32.4 Å². The van der Waals surface area contributed by atoms with Gasteiger partial charge in [-0.3, -0.25) is 14.5 Å². The SMILES string of the molecule is Cc1ccc2nc(CN(CC(=O)N(C)c3ccccc3Cl)C3CC3)[nH]c(=O)c2c1. The molecular formula is C22H23ClN4O2. The number of H-pyrrole nitrogens is 1. The third kappa shape index (κ3) is 4.33. The standard InChI is InChI=1S/C22H23ClN4O2/c1-14-7-10-18-16(11-14)22(29)25-20(24-18)12-27(15-8-9-15)13-21(28)26(2)19-6-4-3-5-17(19)23/h3-7,10-11,15H,8-9,12-13H2,1-2H3,(H,24,25,29). The molecule has 1 saturated carbocycles. The number of fused-ring (bicyclic) bond motifs is 1. The Bertz CT molecular complexity index is 1120. The first-order chi connectivity index (χ1) is 13.9. The van der Waals surface area contributed by atoms with Crippen molar-refractivity contribution in [3.05, 3.63) is 69.2 Å². The van der Waals surface area contributed by atoms with Gasteiger partial charge in [0, 0.05) is 13.1 Å². The lowest BCUT2D eigenvalue weighted by Crippen LogP contribution is -2.40.